The number of halogens is 6. The van der Waals surface area contributed by atoms with Crippen LogP contribution in [0.1, 0.15) is 11.3 Å². The fourth-order valence-corrected chi connectivity index (χ4v) is 2.09. The number of benzene rings is 1. The van der Waals surface area contributed by atoms with E-state index in [1.165, 1.54) is 18.4 Å². The molecule has 0 saturated heterocycles. The zero-order chi connectivity index (χ0) is 18.0. The highest BCUT2D eigenvalue weighted by atomic mass is 19.4. The summed E-state index contributed by atoms with van der Waals surface area (Å²) in [5, 5.41) is 0. The van der Waals surface area contributed by atoms with Gasteiger partial charge in [-0.1, -0.05) is 6.07 Å². The Bertz CT molecular complexity index is 728. The number of nitrogens with zero attached hydrogens (tertiary/aromatic N) is 2. The van der Waals surface area contributed by atoms with Crippen LogP contribution in [0, 0.1) is 6.57 Å². The van der Waals surface area contributed by atoms with Gasteiger partial charge in [0.1, 0.15) is 12.3 Å². The molecule has 1 heterocycles. The average Bonchev–Trinajstić information content (AvgIpc) is 2.96. The zero-order valence-electron chi connectivity index (χ0n) is 11.9. The van der Waals surface area contributed by atoms with E-state index in [1.54, 1.807) is 0 Å². The summed E-state index contributed by atoms with van der Waals surface area (Å²) in [6.45, 7) is 4.95. The lowest BCUT2D eigenvalue weighted by molar-refractivity contribution is -0.136. The first-order valence-corrected chi connectivity index (χ1v) is 6.53. The minimum atomic E-state index is -4.84. The second kappa shape index (κ2) is 6.47. The van der Waals surface area contributed by atoms with E-state index in [1.807, 2.05) is 0 Å². The minimum Gasteiger partial charge on any atom is -0.467 e. The van der Waals surface area contributed by atoms with Crippen LogP contribution in [0.2, 0.25) is 0 Å². The van der Waals surface area contributed by atoms with Crippen LogP contribution in [0.15, 0.2) is 41.0 Å². The fourth-order valence-electron chi connectivity index (χ4n) is 2.09. The van der Waals surface area contributed by atoms with Crippen molar-refractivity contribution in [1.29, 1.82) is 0 Å². The van der Waals surface area contributed by atoms with E-state index in [-0.39, 0.29) is 18.0 Å². The van der Waals surface area contributed by atoms with Crippen molar-refractivity contribution >= 4 is 11.4 Å². The molecule has 2 rings (SSSR count). The van der Waals surface area contributed by atoms with Gasteiger partial charge in [0, 0.05) is 5.69 Å². The number of anilines is 1. The molecule has 0 bridgehead atoms. The molecule has 0 aliphatic rings. The smallest absolute Gasteiger partial charge is 0.407 e. The molecule has 0 unspecified atom stereocenters. The molecule has 128 valence electrons. The highest BCUT2D eigenvalue weighted by Gasteiger charge is 2.36. The summed E-state index contributed by atoms with van der Waals surface area (Å²) in [5.41, 5.74) is -2.25. The van der Waals surface area contributed by atoms with E-state index < -0.39 is 30.1 Å². The first-order valence-electron chi connectivity index (χ1n) is 6.53. The Labute approximate surface area is 132 Å². The predicted molar refractivity (Wildman–Crippen MR) is 73.5 cm³/mol. The van der Waals surface area contributed by atoms with Crippen molar-refractivity contribution in [2.24, 2.45) is 0 Å². The van der Waals surface area contributed by atoms with E-state index in [0.717, 1.165) is 12.1 Å². The number of alkyl halides is 6. The molecule has 24 heavy (non-hydrogen) atoms. The molecule has 0 spiro atoms. The van der Waals surface area contributed by atoms with Gasteiger partial charge in [-0.25, -0.2) is 4.85 Å². The number of furan rings is 1. The molecule has 0 fully saturated rings. The van der Waals surface area contributed by atoms with Crippen LogP contribution in [-0.2, 0) is 12.7 Å². The summed E-state index contributed by atoms with van der Waals surface area (Å²) in [5.74, 6) is 0.169. The van der Waals surface area contributed by atoms with E-state index in [2.05, 4.69) is 4.85 Å². The zero-order valence-corrected chi connectivity index (χ0v) is 11.9. The van der Waals surface area contributed by atoms with Crippen molar-refractivity contribution in [2.45, 2.75) is 18.9 Å². The SMILES string of the molecule is [C-]#[N+]c1ccc(N(Cc2ccco2)CC(F)(F)F)cc1C(F)(F)F. The fraction of sp³-hybridized carbons (Fsp3) is 0.267. The molecule has 0 N–H and O–H groups in total. The number of hydrogen-bond acceptors (Lipinski definition) is 2. The highest BCUT2D eigenvalue weighted by molar-refractivity contribution is 5.62. The minimum absolute atomic E-state index is 0.169. The van der Waals surface area contributed by atoms with Gasteiger partial charge < -0.3 is 9.32 Å². The monoisotopic (exact) mass is 348 g/mol. The summed E-state index contributed by atoms with van der Waals surface area (Å²) in [6.07, 6.45) is -8.21. The van der Waals surface area contributed by atoms with Crippen molar-refractivity contribution < 1.29 is 30.8 Å². The lowest BCUT2D eigenvalue weighted by Crippen LogP contribution is -2.33. The van der Waals surface area contributed by atoms with E-state index in [9.17, 15) is 26.3 Å². The van der Waals surface area contributed by atoms with E-state index >= 15 is 0 Å². The van der Waals surface area contributed by atoms with E-state index in [0.29, 0.717) is 11.0 Å². The molecule has 0 atom stereocenters. The van der Waals surface area contributed by atoms with Crippen LogP contribution in [0.3, 0.4) is 0 Å². The normalized spacial score (nSPS) is 12.0. The third kappa shape index (κ3) is 4.44. The maximum Gasteiger partial charge on any atom is 0.407 e. The van der Waals surface area contributed by atoms with Gasteiger partial charge >= 0.3 is 12.4 Å². The number of hydrogen-bond donors (Lipinski definition) is 0. The van der Waals surface area contributed by atoms with Crippen molar-refractivity contribution in [3.8, 4) is 0 Å². The molecule has 0 saturated carbocycles. The average molecular weight is 348 g/mol. The molecular formula is C15H10F6N2O. The highest BCUT2D eigenvalue weighted by Crippen LogP contribution is 2.39. The van der Waals surface area contributed by atoms with Gasteiger partial charge in [0.15, 0.2) is 5.69 Å². The lowest BCUT2D eigenvalue weighted by Gasteiger charge is -2.26. The van der Waals surface area contributed by atoms with Crippen LogP contribution in [0.4, 0.5) is 37.7 Å². The predicted octanol–water partition coefficient (Wildman–Crippen LogP) is 5.42. The standard InChI is InChI=1S/C15H10F6N2O/c1-22-13-5-4-10(7-12(13)15(19,20)21)23(9-14(16,17)18)8-11-3-2-6-24-11/h2-7H,8-9H2. The molecular weight excluding hydrogens is 338 g/mol. The summed E-state index contributed by atoms with van der Waals surface area (Å²) >= 11 is 0. The summed E-state index contributed by atoms with van der Waals surface area (Å²) in [4.78, 5) is 3.47. The van der Waals surface area contributed by atoms with Crippen molar-refractivity contribution in [3.63, 3.8) is 0 Å². The Hall–Kier alpha value is -2.63. The quantitative estimate of drug-likeness (QED) is 0.543. The van der Waals surface area contributed by atoms with Gasteiger partial charge in [0.05, 0.1) is 24.9 Å². The van der Waals surface area contributed by atoms with Crippen LogP contribution >= 0.6 is 0 Å². The van der Waals surface area contributed by atoms with Gasteiger partial charge in [-0.15, -0.1) is 0 Å². The van der Waals surface area contributed by atoms with Gasteiger partial charge in [-0.2, -0.15) is 26.3 Å². The largest absolute Gasteiger partial charge is 0.467 e. The summed E-state index contributed by atoms with van der Waals surface area (Å²) in [7, 11) is 0. The third-order valence-corrected chi connectivity index (χ3v) is 3.07. The summed E-state index contributed by atoms with van der Waals surface area (Å²) in [6, 6.07) is 5.34. The third-order valence-electron chi connectivity index (χ3n) is 3.07. The molecule has 9 heteroatoms. The van der Waals surface area contributed by atoms with Gasteiger partial charge in [-0.05, 0) is 24.3 Å². The molecule has 0 radical (unpaired) electrons. The Morgan fingerprint density at radius 2 is 1.79 bits per heavy atom. The van der Waals surface area contributed by atoms with Gasteiger partial charge in [0.25, 0.3) is 0 Å². The van der Waals surface area contributed by atoms with E-state index in [4.69, 9.17) is 11.0 Å². The Kier molecular flexibility index (Phi) is 4.78. The molecule has 1 aromatic heterocycles. The van der Waals surface area contributed by atoms with Crippen LogP contribution < -0.4 is 4.90 Å². The lowest BCUT2D eigenvalue weighted by atomic mass is 10.1. The number of rotatable bonds is 4. The van der Waals surface area contributed by atoms with Crippen molar-refractivity contribution in [3.05, 3.63) is 59.3 Å². The molecule has 1 aromatic carbocycles. The van der Waals surface area contributed by atoms with Crippen molar-refractivity contribution in [1.82, 2.24) is 0 Å². The van der Waals surface area contributed by atoms with Crippen LogP contribution in [-0.4, -0.2) is 12.7 Å². The topological polar surface area (TPSA) is 20.7 Å². The van der Waals surface area contributed by atoms with Crippen LogP contribution in [0.5, 0.6) is 0 Å². The molecule has 0 aliphatic carbocycles. The second-order valence-electron chi connectivity index (χ2n) is 4.86. The van der Waals surface area contributed by atoms with Crippen molar-refractivity contribution in [2.75, 3.05) is 11.4 Å². The Morgan fingerprint density at radius 3 is 2.29 bits per heavy atom. The van der Waals surface area contributed by atoms with Crippen LogP contribution in [0.25, 0.3) is 4.85 Å². The molecule has 2 aromatic rings. The maximum atomic E-state index is 13.0. The van der Waals surface area contributed by atoms with Gasteiger partial charge in [-0.3, -0.25) is 0 Å². The Balaban J connectivity index is 2.44. The first-order chi connectivity index (χ1) is 11.1. The molecule has 0 amide bonds. The molecule has 0 aliphatic heterocycles. The maximum absolute atomic E-state index is 13.0. The summed E-state index contributed by atoms with van der Waals surface area (Å²) < 4.78 is 82.2. The first kappa shape index (κ1) is 17.7. The molecule has 3 nitrogen and oxygen atoms in total. The van der Waals surface area contributed by atoms with Gasteiger partial charge in [0.2, 0.25) is 0 Å². The Morgan fingerprint density at radius 1 is 1.08 bits per heavy atom. The second-order valence-corrected chi connectivity index (χ2v) is 4.86.